The van der Waals surface area contributed by atoms with Crippen LogP contribution in [0.5, 0.6) is 0 Å². The predicted octanol–water partition coefficient (Wildman–Crippen LogP) is 1.51. The predicted molar refractivity (Wildman–Crippen MR) is 59.4 cm³/mol. The van der Waals surface area contributed by atoms with Crippen molar-refractivity contribution in [3.05, 3.63) is 35.4 Å². The highest BCUT2D eigenvalue weighted by Gasteiger charge is 2.13. The maximum atomic E-state index is 11.4. The van der Waals surface area contributed by atoms with Gasteiger partial charge < -0.3 is 10.0 Å². The van der Waals surface area contributed by atoms with Gasteiger partial charge >= 0.3 is 0 Å². The summed E-state index contributed by atoms with van der Waals surface area (Å²) in [5.74, 6) is -0.0657. The molecule has 0 heterocycles. The standard InChI is InChI=1S/C12H17NO2/c1-9-5-4-6-10(7-9)11(14)8-12(15)13(2)3/h4-7,11,14H,8H2,1-3H3/t11-/m1/s1. The average Bonchev–Trinajstić information content (AvgIpc) is 2.17. The van der Waals surface area contributed by atoms with Crippen LogP contribution in [0.2, 0.25) is 0 Å². The summed E-state index contributed by atoms with van der Waals surface area (Å²) in [6, 6.07) is 7.58. The molecule has 0 unspecified atom stereocenters. The molecule has 0 bridgehead atoms. The molecule has 15 heavy (non-hydrogen) atoms. The van der Waals surface area contributed by atoms with E-state index in [4.69, 9.17) is 0 Å². The number of amides is 1. The molecule has 0 aliphatic rings. The fraction of sp³-hybridized carbons (Fsp3) is 0.417. The lowest BCUT2D eigenvalue weighted by Crippen LogP contribution is -2.23. The molecule has 3 nitrogen and oxygen atoms in total. The maximum Gasteiger partial charge on any atom is 0.225 e. The quantitative estimate of drug-likeness (QED) is 0.816. The molecule has 0 fully saturated rings. The van der Waals surface area contributed by atoms with E-state index in [1.54, 1.807) is 14.1 Å². The van der Waals surface area contributed by atoms with E-state index in [-0.39, 0.29) is 12.3 Å². The van der Waals surface area contributed by atoms with Gasteiger partial charge in [-0.25, -0.2) is 0 Å². The maximum absolute atomic E-state index is 11.4. The molecule has 0 spiro atoms. The van der Waals surface area contributed by atoms with Crippen LogP contribution >= 0.6 is 0 Å². The van der Waals surface area contributed by atoms with E-state index in [0.717, 1.165) is 11.1 Å². The van der Waals surface area contributed by atoms with E-state index in [1.165, 1.54) is 4.90 Å². The number of carbonyl (C=O) groups is 1. The van der Waals surface area contributed by atoms with Crippen LogP contribution in [0.3, 0.4) is 0 Å². The van der Waals surface area contributed by atoms with Crippen LogP contribution in [0.1, 0.15) is 23.7 Å². The second kappa shape index (κ2) is 4.94. The molecule has 0 aromatic heterocycles. The van der Waals surface area contributed by atoms with Gasteiger partial charge in [-0.2, -0.15) is 0 Å². The van der Waals surface area contributed by atoms with Gasteiger partial charge in [-0.05, 0) is 12.5 Å². The minimum absolute atomic E-state index is 0.0657. The summed E-state index contributed by atoms with van der Waals surface area (Å²) in [6.45, 7) is 1.96. The third-order valence-corrected chi connectivity index (χ3v) is 2.29. The van der Waals surface area contributed by atoms with Gasteiger partial charge in [0.2, 0.25) is 5.91 Å². The van der Waals surface area contributed by atoms with Gasteiger partial charge in [0.25, 0.3) is 0 Å². The van der Waals surface area contributed by atoms with E-state index in [0.29, 0.717) is 0 Å². The van der Waals surface area contributed by atoms with Crippen LogP contribution in [-0.4, -0.2) is 30.0 Å². The molecule has 0 aliphatic carbocycles. The number of nitrogens with zero attached hydrogens (tertiary/aromatic N) is 1. The first kappa shape index (κ1) is 11.7. The summed E-state index contributed by atoms with van der Waals surface area (Å²) >= 11 is 0. The molecule has 0 radical (unpaired) electrons. The molecule has 1 aromatic carbocycles. The largest absolute Gasteiger partial charge is 0.388 e. The lowest BCUT2D eigenvalue weighted by atomic mass is 10.0. The molecule has 0 aliphatic heterocycles. The lowest BCUT2D eigenvalue weighted by molar-refractivity contribution is -0.130. The van der Waals surface area contributed by atoms with E-state index < -0.39 is 6.10 Å². The van der Waals surface area contributed by atoms with Gasteiger partial charge in [0.15, 0.2) is 0 Å². The van der Waals surface area contributed by atoms with E-state index in [1.807, 2.05) is 31.2 Å². The zero-order chi connectivity index (χ0) is 11.4. The molecular formula is C12H17NO2. The normalized spacial score (nSPS) is 12.3. The van der Waals surface area contributed by atoms with Crippen LogP contribution in [-0.2, 0) is 4.79 Å². The summed E-state index contributed by atoms with van der Waals surface area (Å²) in [6.07, 6.45) is -0.573. The lowest BCUT2D eigenvalue weighted by Gasteiger charge is -2.14. The Morgan fingerprint density at radius 3 is 2.67 bits per heavy atom. The first-order valence-corrected chi connectivity index (χ1v) is 4.95. The Kier molecular flexibility index (Phi) is 3.86. The topological polar surface area (TPSA) is 40.5 Å². The van der Waals surface area contributed by atoms with Gasteiger partial charge in [0, 0.05) is 14.1 Å². The van der Waals surface area contributed by atoms with Crippen LogP contribution in [0, 0.1) is 6.92 Å². The van der Waals surface area contributed by atoms with Gasteiger partial charge in [-0.15, -0.1) is 0 Å². The zero-order valence-corrected chi connectivity index (χ0v) is 9.40. The molecule has 1 aromatic rings. The summed E-state index contributed by atoms with van der Waals surface area (Å²) in [5.41, 5.74) is 1.88. The van der Waals surface area contributed by atoms with Gasteiger partial charge in [-0.3, -0.25) is 4.79 Å². The molecule has 1 atom stereocenters. The molecule has 1 amide bonds. The summed E-state index contributed by atoms with van der Waals surface area (Å²) in [5, 5.41) is 9.82. The zero-order valence-electron chi connectivity index (χ0n) is 9.40. The highest BCUT2D eigenvalue weighted by Crippen LogP contribution is 2.18. The highest BCUT2D eigenvalue weighted by atomic mass is 16.3. The Morgan fingerprint density at radius 2 is 2.13 bits per heavy atom. The highest BCUT2D eigenvalue weighted by molar-refractivity contribution is 5.76. The number of rotatable bonds is 3. The first-order valence-electron chi connectivity index (χ1n) is 4.95. The Labute approximate surface area is 90.3 Å². The van der Waals surface area contributed by atoms with Crippen molar-refractivity contribution in [2.75, 3.05) is 14.1 Å². The Morgan fingerprint density at radius 1 is 1.47 bits per heavy atom. The summed E-state index contributed by atoms with van der Waals surface area (Å²) in [4.78, 5) is 12.9. The minimum atomic E-state index is -0.709. The van der Waals surface area contributed by atoms with Crippen molar-refractivity contribution in [1.29, 1.82) is 0 Å². The minimum Gasteiger partial charge on any atom is -0.388 e. The SMILES string of the molecule is Cc1cccc([C@H](O)CC(=O)N(C)C)c1. The van der Waals surface area contributed by atoms with Crippen molar-refractivity contribution in [2.45, 2.75) is 19.4 Å². The van der Waals surface area contributed by atoms with E-state index >= 15 is 0 Å². The van der Waals surface area contributed by atoms with Crippen molar-refractivity contribution in [2.24, 2.45) is 0 Å². The molecule has 3 heteroatoms. The van der Waals surface area contributed by atoms with Crippen LogP contribution < -0.4 is 0 Å². The number of hydrogen-bond acceptors (Lipinski definition) is 2. The Bertz CT molecular complexity index is 347. The fourth-order valence-electron chi connectivity index (χ4n) is 1.34. The van der Waals surface area contributed by atoms with Crippen molar-refractivity contribution < 1.29 is 9.90 Å². The molecule has 0 saturated heterocycles. The third-order valence-electron chi connectivity index (χ3n) is 2.29. The number of aliphatic hydroxyl groups is 1. The number of aliphatic hydroxyl groups excluding tert-OH is 1. The summed E-state index contributed by atoms with van der Waals surface area (Å²) in [7, 11) is 3.37. The second-order valence-corrected chi connectivity index (χ2v) is 3.92. The Balaban J connectivity index is 2.69. The Hall–Kier alpha value is -1.35. The second-order valence-electron chi connectivity index (χ2n) is 3.92. The van der Waals surface area contributed by atoms with Crippen LogP contribution in [0.15, 0.2) is 24.3 Å². The smallest absolute Gasteiger partial charge is 0.225 e. The monoisotopic (exact) mass is 207 g/mol. The van der Waals surface area contributed by atoms with Crippen molar-refractivity contribution in [3.63, 3.8) is 0 Å². The van der Waals surface area contributed by atoms with Gasteiger partial charge in [0.1, 0.15) is 0 Å². The van der Waals surface area contributed by atoms with Crippen molar-refractivity contribution in [3.8, 4) is 0 Å². The van der Waals surface area contributed by atoms with Crippen LogP contribution in [0.25, 0.3) is 0 Å². The third kappa shape index (κ3) is 3.36. The fourth-order valence-corrected chi connectivity index (χ4v) is 1.34. The average molecular weight is 207 g/mol. The van der Waals surface area contributed by atoms with E-state index in [2.05, 4.69) is 0 Å². The number of benzene rings is 1. The molecular weight excluding hydrogens is 190 g/mol. The first-order chi connectivity index (χ1) is 7.00. The van der Waals surface area contributed by atoms with Crippen molar-refractivity contribution in [1.82, 2.24) is 4.90 Å². The molecule has 0 saturated carbocycles. The number of carbonyl (C=O) groups excluding carboxylic acids is 1. The van der Waals surface area contributed by atoms with Crippen molar-refractivity contribution >= 4 is 5.91 Å². The number of hydrogen-bond donors (Lipinski definition) is 1. The van der Waals surface area contributed by atoms with E-state index in [9.17, 15) is 9.90 Å². The van der Waals surface area contributed by atoms with Gasteiger partial charge in [0.05, 0.1) is 12.5 Å². The molecule has 1 rings (SSSR count). The molecule has 1 N–H and O–H groups in total. The number of aryl methyl sites for hydroxylation is 1. The molecule has 82 valence electrons. The van der Waals surface area contributed by atoms with Gasteiger partial charge in [-0.1, -0.05) is 29.8 Å². The van der Waals surface area contributed by atoms with Crippen LogP contribution in [0.4, 0.5) is 0 Å². The summed E-state index contributed by atoms with van der Waals surface area (Å²) < 4.78 is 0.